The molecule has 0 unspecified atom stereocenters. The van der Waals surface area contributed by atoms with Crippen molar-refractivity contribution in [1.29, 1.82) is 0 Å². The first kappa shape index (κ1) is 26.4. The van der Waals surface area contributed by atoms with Crippen LogP contribution in [0.2, 0.25) is 0 Å². The molecule has 0 bridgehead atoms. The van der Waals surface area contributed by atoms with Crippen LogP contribution in [0.25, 0.3) is 0 Å². The first-order valence-electron chi connectivity index (χ1n) is 11.5. The molecule has 0 radical (unpaired) electrons. The molecule has 0 aliphatic carbocycles. The monoisotopic (exact) mass is 518 g/mol. The zero-order valence-corrected chi connectivity index (χ0v) is 20.3. The summed E-state index contributed by atoms with van der Waals surface area (Å²) < 4.78 is 59.5. The van der Waals surface area contributed by atoms with Gasteiger partial charge in [-0.25, -0.2) is 9.37 Å². The normalized spacial score (nSPS) is 14.5. The van der Waals surface area contributed by atoms with E-state index in [1.54, 1.807) is 42.1 Å². The van der Waals surface area contributed by atoms with E-state index in [0.717, 1.165) is 18.3 Å². The molecule has 0 amide bonds. The predicted octanol–water partition coefficient (Wildman–Crippen LogP) is 4.96. The van der Waals surface area contributed by atoms with Crippen molar-refractivity contribution >= 4 is 23.1 Å². The van der Waals surface area contributed by atoms with Crippen LogP contribution in [-0.2, 0) is 24.0 Å². The molecule has 13 heteroatoms. The first-order valence-corrected chi connectivity index (χ1v) is 11.5. The van der Waals surface area contributed by atoms with Gasteiger partial charge in [0.25, 0.3) is 5.95 Å². The molecule has 3 aromatic rings. The number of pyridine rings is 1. The molecule has 1 aliphatic rings. The van der Waals surface area contributed by atoms with E-state index in [1.165, 1.54) is 6.20 Å². The summed E-state index contributed by atoms with van der Waals surface area (Å²) in [7, 11) is 3.58. The highest BCUT2D eigenvalue weighted by atomic mass is 19.4. The number of benzene rings is 1. The number of anilines is 3. The summed E-state index contributed by atoms with van der Waals surface area (Å²) in [5.41, 5.74) is 1.21. The number of hydrogen-bond acceptors (Lipinski definition) is 9. The van der Waals surface area contributed by atoms with Crippen molar-refractivity contribution in [3.8, 4) is 0 Å². The Morgan fingerprint density at radius 1 is 1.05 bits per heavy atom. The van der Waals surface area contributed by atoms with Gasteiger partial charge in [0, 0.05) is 25.3 Å². The van der Waals surface area contributed by atoms with Crippen molar-refractivity contribution < 1.29 is 22.3 Å². The summed E-state index contributed by atoms with van der Waals surface area (Å²) in [6.07, 6.45) is -1.90. The number of alkyl halides is 3. The molecule has 1 aliphatic heterocycles. The number of nitrogens with zero attached hydrogens (tertiary/aromatic N) is 7. The summed E-state index contributed by atoms with van der Waals surface area (Å²) in [4.78, 5) is 15.8. The van der Waals surface area contributed by atoms with Crippen LogP contribution in [0, 0.1) is 5.82 Å². The summed E-state index contributed by atoms with van der Waals surface area (Å²) >= 11 is 0. The largest absolute Gasteiger partial charge is 0.416 e. The summed E-state index contributed by atoms with van der Waals surface area (Å²) in [5.74, 6) is -0.358. The Hall–Kier alpha value is -3.71. The molecule has 4 rings (SSSR count). The fourth-order valence-corrected chi connectivity index (χ4v) is 3.71. The summed E-state index contributed by atoms with van der Waals surface area (Å²) in [6, 6.07) is 7.25. The molecule has 37 heavy (non-hydrogen) atoms. The number of ether oxygens (including phenoxy) is 1. The fourth-order valence-electron chi connectivity index (χ4n) is 3.71. The van der Waals surface area contributed by atoms with E-state index >= 15 is 0 Å². The van der Waals surface area contributed by atoms with Crippen molar-refractivity contribution in [3.05, 3.63) is 65.4 Å². The number of aromatic nitrogens is 3. The molecule has 3 heterocycles. The SMILES string of the molecule is CN(C)Cc1cc(Nc2ccc(CN=Nc3ncc(F)c(N4CCOCC4)n3)nc2)cc(C(F)(F)F)c1. The Kier molecular flexibility index (Phi) is 8.24. The van der Waals surface area contributed by atoms with Gasteiger partial charge in [0.1, 0.15) is 6.54 Å². The second-order valence-corrected chi connectivity index (χ2v) is 8.66. The average molecular weight is 519 g/mol. The number of rotatable bonds is 8. The molecule has 0 spiro atoms. The Morgan fingerprint density at radius 2 is 1.84 bits per heavy atom. The lowest BCUT2D eigenvalue weighted by Gasteiger charge is -2.27. The maximum Gasteiger partial charge on any atom is 0.416 e. The van der Waals surface area contributed by atoms with E-state index in [0.29, 0.717) is 55.5 Å². The molecular formula is C24H26F4N8O. The Morgan fingerprint density at radius 3 is 2.51 bits per heavy atom. The van der Waals surface area contributed by atoms with Gasteiger partial charge in [0.05, 0.1) is 42.6 Å². The van der Waals surface area contributed by atoms with E-state index in [2.05, 4.69) is 30.5 Å². The van der Waals surface area contributed by atoms with Crippen LogP contribution in [0.15, 0.2) is 53.0 Å². The van der Waals surface area contributed by atoms with Crippen LogP contribution < -0.4 is 10.2 Å². The summed E-state index contributed by atoms with van der Waals surface area (Å²) in [5, 5.41) is 11.0. The van der Waals surface area contributed by atoms with Gasteiger partial charge in [0.2, 0.25) is 0 Å². The second kappa shape index (κ2) is 11.6. The molecule has 9 nitrogen and oxygen atoms in total. The number of hydrogen-bond donors (Lipinski definition) is 1. The number of azo groups is 1. The van der Waals surface area contributed by atoms with Gasteiger partial charge in [-0.3, -0.25) is 4.98 Å². The van der Waals surface area contributed by atoms with Gasteiger partial charge < -0.3 is 19.9 Å². The molecule has 1 aromatic carbocycles. The lowest BCUT2D eigenvalue weighted by molar-refractivity contribution is -0.137. The van der Waals surface area contributed by atoms with Crippen molar-refractivity contribution in [2.75, 3.05) is 50.6 Å². The van der Waals surface area contributed by atoms with Crippen LogP contribution in [0.4, 0.5) is 40.7 Å². The minimum atomic E-state index is -4.46. The highest BCUT2D eigenvalue weighted by Crippen LogP contribution is 2.33. The van der Waals surface area contributed by atoms with Crippen molar-refractivity contribution in [2.24, 2.45) is 10.2 Å². The van der Waals surface area contributed by atoms with E-state index in [9.17, 15) is 17.6 Å². The van der Waals surface area contributed by atoms with Crippen molar-refractivity contribution in [2.45, 2.75) is 19.3 Å². The quantitative estimate of drug-likeness (QED) is 0.333. The molecule has 196 valence electrons. The first-order chi connectivity index (χ1) is 17.7. The maximum absolute atomic E-state index is 14.1. The average Bonchev–Trinajstić information content (AvgIpc) is 2.85. The van der Waals surface area contributed by atoms with Gasteiger partial charge in [-0.05, 0) is 50.0 Å². The molecule has 1 N–H and O–H groups in total. The Labute approximate surface area is 211 Å². The standard InChI is InChI=1S/C24H26F4N8O/c1-35(2)15-16-9-17(24(26,27)28)11-20(10-16)32-19-4-3-18(29-12-19)13-31-34-23-30-14-21(25)22(33-23)36-5-7-37-8-6-36/h3-4,9-12,14,32H,5-8,13,15H2,1-2H3. The van der Waals surface area contributed by atoms with E-state index in [-0.39, 0.29) is 18.3 Å². The zero-order chi connectivity index (χ0) is 26.4. The fraction of sp³-hybridized carbons (Fsp3) is 0.375. The predicted molar refractivity (Wildman–Crippen MR) is 130 cm³/mol. The topological polar surface area (TPSA) is 91.1 Å². The minimum absolute atomic E-state index is 0.0271. The van der Waals surface area contributed by atoms with Crippen LogP contribution in [0.1, 0.15) is 16.8 Å². The van der Waals surface area contributed by atoms with E-state index in [1.807, 2.05) is 0 Å². The zero-order valence-electron chi connectivity index (χ0n) is 20.3. The van der Waals surface area contributed by atoms with Crippen molar-refractivity contribution in [3.63, 3.8) is 0 Å². The molecule has 0 saturated carbocycles. The van der Waals surface area contributed by atoms with Gasteiger partial charge in [-0.15, -0.1) is 5.11 Å². The molecule has 0 atom stereocenters. The summed E-state index contributed by atoms with van der Waals surface area (Å²) in [6.45, 7) is 2.50. The van der Waals surface area contributed by atoms with Gasteiger partial charge in [0.15, 0.2) is 11.6 Å². The number of halogens is 4. The van der Waals surface area contributed by atoms with Crippen molar-refractivity contribution in [1.82, 2.24) is 19.9 Å². The highest BCUT2D eigenvalue weighted by Gasteiger charge is 2.31. The molecule has 2 aromatic heterocycles. The number of nitrogens with one attached hydrogen (secondary N) is 1. The molecule has 1 saturated heterocycles. The van der Waals surface area contributed by atoms with E-state index in [4.69, 9.17) is 4.74 Å². The smallest absolute Gasteiger partial charge is 0.378 e. The third-order valence-corrected chi connectivity index (χ3v) is 5.35. The van der Waals surface area contributed by atoms with E-state index < -0.39 is 17.6 Å². The second-order valence-electron chi connectivity index (χ2n) is 8.66. The van der Waals surface area contributed by atoms with Crippen LogP contribution in [0.5, 0.6) is 0 Å². The molecule has 1 fully saturated rings. The highest BCUT2D eigenvalue weighted by molar-refractivity contribution is 5.61. The lowest BCUT2D eigenvalue weighted by atomic mass is 10.1. The maximum atomic E-state index is 14.1. The van der Waals surface area contributed by atoms with Gasteiger partial charge in [-0.2, -0.15) is 23.3 Å². The van der Waals surface area contributed by atoms with Crippen LogP contribution in [0.3, 0.4) is 0 Å². The van der Waals surface area contributed by atoms with Crippen LogP contribution in [-0.4, -0.2) is 60.3 Å². The Balaban J connectivity index is 1.41. The molecular weight excluding hydrogens is 492 g/mol. The number of morpholine rings is 1. The third-order valence-electron chi connectivity index (χ3n) is 5.35. The Bertz CT molecular complexity index is 1230. The third kappa shape index (κ3) is 7.40. The van der Waals surface area contributed by atoms with Gasteiger partial charge >= 0.3 is 6.18 Å². The lowest BCUT2D eigenvalue weighted by Crippen LogP contribution is -2.37. The van der Waals surface area contributed by atoms with Gasteiger partial charge in [-0.1, -0.05) is 0 Å². The minimum Gasteiger partial charge on any atom is -0.378 e. The van der Waals surface area contributed by atoms with Crippen LogP contribution >= 0.6 is 0 Å².